The van der Waals surface area contributed by atoms with E-state index in [4.69, 9.17) is 23.8 Å². The van der Waals surface area contributed by atoms with Crippen LogP contribution in [0.5, 0.6) is 0 Å². The predicted octanol–water partition coefficient (Wildman–Crippen LogP) is 13.3. The Morgan fingerprint density at radius 1 is 0.364 bits per heavy atom. The Bertz CT molecular complexity index is 3150. The van der Waals surface area contributed by atoms with E-state index in [1.807, 2.05) is 91.0 Å². The standard InChI is InChI=1S/C49H30N4O2/c1-4-16-31(17-5-1)47-50-48(32-18-6-2-7-19-32)52-49(51-47)38-30-39-44-40(26-15-29-43(44)55-45(39)36-24-11-10-22-34(36)38)53(33-20-8-3-9-21-33)41-27-14-25-37-35-23-12-13-28-42(35)54-46(37)41/h1-30H. The molecule has 11 aromatic rings. The first-order valence-electron chi connectivity index (χ1n) is 18.3. The van der Waals surface area contributed by atoms with E-state index in [0.717, 1.165) is 88.4 Å². The maximum atomic E-state index is 6.84. The summed E-state index contributed by atoms with van der Waals surface area (Å²) in [6.07, 6.45) is 0. The lowest BCUT2D eigenvalue weighted by atomic mass is 9.98. The van der Waals surface area contributed by atoms with Crippen LogP contribution in [0.25, 0.3) is 88.8 Å². The van der Waals surface area contributed by atoms with E-state index in [9.17, 15) is 0 Å². The topological polar surface area (TPSA) is 68.2 Å². The fourth-order valence-corrected chi connectivity index (χ4v) is 7.82. The lowest BCUT2D eigenvalue weighted by Crippen LogP contribution is -2.10. The first kappa shape index (κ1) is 31.0. The third-order valence-corrected chi connectivity index (χ3v) is 10.3. The highest BCUT2D eigenvalue weighted by atomic mass is 16.3. The number of hydrogen-bond donors (Lipinski definition) is 0. The van der Waals surface area contributed by atoms with Gasteiger partial charge >= 0.3 is 0 Å². The van der Waals surface area contributed by atoms with Gasteiger partial charge < -0.3 is 13.7 Å². The largest absolute Gasteiger partial charge is 0.455 e. The summed E-state index contributed by atoms with van der Waals surface area (Å²) in [5, 5.41) is 6.04. The molecule has 55 heavy (non-hydrogen) atoms. The van der Waals surface area contributed by atoms with Gasteiger partial charge in [-0.15, -0.1) is 0 Å². The SMILES string of the molecule is c1ccc(-c2nc(-c3ccccc3)nc(-c3cc4c(oc5cccc(N(c6ccccc6)c6cccc7c6oc6ccccc67)c54)c4ccccc34)n2)cc1. The summed E-state index contributed by atoms with van der Waals surface area (Å²) >= 11 is 0. The minimum Gasteiger partial charge on any atom is -0.455 e. The molecule has 11 rings (SSSR count). The normalized spacial score (nSPS) is 11.6. The number of rotatable bonds is 6. The summed E-state index contributed by atoms with van der Waals surface area (Å²) in [6, 6.07) is 61.9. The molecule has 0 amide bonds. The molecule has 0 saturated heterocycles. The molecule has 0 unspecified atom stereocenters. The zero-order valence-electron chi connectivity index (χ0n) is 29.4. The van der Waals surface area contributed by atoms with E-state index in [-0.39, 0.29) is 0 Å². The number of anilines is 3. The molecule has 6 heteroatoms. The summed E-state index contributed by atoms with van der Waals surface area (Å²) in [6.45, 7) is 0. The van der Waals surface area contributed by atoms with Crippen molar-refractivity contribution in [3.63, 3.8) is 0 Å². The van der Waals surface area contributed by atoms with Crippen LogP contribution < -0.4 is 4.90 Å². The van der Waals surface area contributed by atoms with Crippen LogP contribution >= 0.6 is 0 Å². The van der Waals surface area contributed by atoms with Crippen molar-refractivity contribution in [2.24, 2.45) is 0 Å². The van der Waals surface area contributed by atoms with Gasteiger partial charge in [-0.2, -0.15) is 0 Å². The van der Waals surface area contributed by atoms with Gasteiger partial charge in [0.25, 0.3) is 0 Å². The Hall–Kier alpha value is -7.57. The van der Waals surface area contributed by atoms with E-state index >= 15 is 0 Å². The molecule has 0 atom stereocenters. The maximum Gasteiger partial charge on any atom is 0.164 e. The van der Waals surface area contributed by atoms with Gasteiger partial charge in [0, 0.05) is 43.9 Å². The molecule has 6 nitrogen and oxygen atoms in total. The molecule has 3 heterocycles. The third-order valence-electron chi connectivity index (χ3n) is 10.3. The number of fused-ring (bicyclic) bond motifs is 8. The fourth-order valence-electron chi connectivity index (χ4n) is 7.82. The van der Waals surface area contributed by atoms with Gasteiger partial charge in [-0.1, -0.05) is 140 Å². The van der Waals surface area contributed by atoms with E-state index in [1.54, 1.807) is 0 Å². The van der Waals surface area contributed by atoms with Crippen molar-refractivity contribution < 1.29 is 8.83 Å². The highest BCUT2D eigenvalue weighted by Crippen LogP contribution is 2.48. The number of aromatic nitrogens is 3. The lowest BCUT2D eigenvalue weighted by molar-refractivity contribution is 0.669. The van der Waals surface area contributed by atoms with E-state index in [2.05, 4.69) is 95.9 Å². The summed E-state index contributed by atoms with van der Waals surface area (Å²) in [7, 11) is 0. The molecule has 0 bridgehead atoms. The molecule has 0 spiro atoms. The summed E-state index contributed by atoms with van der Waals surface area (Å²) in [4.78, 5) is 17.6. The first-order chi connectivity index (χ1) is 27.3. The van der Waals surface area contributed by atoms with Crippen molar-refractivity contribution in [1.29, 1.82) is 0 Å². The number of para-hydroxylation sites is 3. The highest BCUT2D eigenvalue weighted by Gasteiger charge is 2.25. The fraction of sp³-hybridized carbons (Fsp3) is 0. The van der Waals surface area contributed by atoms with Crippen molar-refractivity contribution in [3.8, 4) is 34.2 Å². The monoisotopic (exact) mass is 706 g/mol. The van der Waals surface area contributed by atoms with Crippen LogP contribution in [0.4, 0.5) is 17.1 Å². The van der Waals surface area contributed by atoms with Crippen LogP contribution in [-0.4, -0.2) is 15.0 Å². The van der Waals surface area contributed by atoms with Gasteiger partial charge in [-0.25, -0.2) is 15.0 Å². The first-order valence-corrected chi connectivity index (χ1v) is 18.3. The lowest BCUT2D eigenvalue weighted by Gasteiger charge is -2.26. The molecular weight excluding hydrogens is 677 g/mol. The Morgan fingerprint density at radius 2 is 0.873 bits per heavy atom. The van der Waals surface area contributed by atoms with Gasteiger partial charge in [0.05, 0.1) is 16.8 Å². The maximum absolute atomic E-state index is 6.84. The Morgan fingerprint density at radius 3 is 1.60 bits per heavy atom. The van der Waals surface area contributed by atoms with E-state index in [1.165, 1.54) is 0 Å². The molecule has 0 fully saturated rings. The van der Waals surface area contributed by atoms with Gasteiger partial charge in [0.2, 0.25) is 0 Å². The molecule has 0 aliphatic rings. The third kappa shape index (κ3) is 5.07. The van der Waals surface area contributed by atoms with Crippen molar-refractivity contribution >= 4 is 71.7 Å². The van der Waals surface area contributed by atoms with Gasteiger partial charge in [0.1, 0.15) is 16.7 Å². The van der Waals surface area contributed by atoms with E-state index < -0.39 is 0 Å². The molecule has 0 saturated carbocycles. The Kier molecular flexibility index (Phi) is 7.07. The van der Waals surface area contributed by atoms with Gasteiger partial charge in [-0.05, 0) is 47.9 Å². The van der Waals surface area contributed by atoms with Crippen LogP contribution in [0.1, 0.15) is 0 Å². The average molecular weight is 707 g/mol. The minimum atomic E-state index is 0.588. The molecule has 258 valence electrons. The molecule has 0 radical (unpaired) electrons. The summed E-state index contributed by atoms with van der Waals surface area (Å²) < 4.78 is 13.5. The summed E-state index contributed by atoms with van der Waals surface area (Å²) in [5.41, 5.74) is 8.86. The Labute approximate surface area is 315 Å². The van der Waals surface area contributed by atoms with Crippen molar-refractivity contribution in [2.45, 2.75) is 0 Å². The summed E-state index contributed by atoms with van der Waals surface area (Å²) in [5.74, 6) is 1.81. The van der Waals surface area contributed by atoms with Crippen molar-refractivity contribution in [2.75, 3.05) is 4.90 Å². The van der Waals surface area contributed by atoms with Crippen molar-refractivity contribution in [1.82, 2.24) is 15.0 Å². The minimum absolute atomic E-state index is 0.588. The number of hydrogen-bond acceptors (Lipinski definition) is 6. The predicted molar refractivity (Wildman–Crippen MR) is 223 cm³/mol. The average Bonchev–Trinajstić information content (AvgIpc) is 3.84. The molecular formula is C49H30N4O2. The highest BCUT2D eigenvalue weighted by molar-refractivity contribution is 6.23. The van der Waals surface area contributed by atoms with Gasteiger partial charge in [-0.3, -0.25) is 0 Å². The van der Waals surface area contributed by atoms with E-state index in [0.29, 0.717) is 17.5 Å². The number of furan rings is 2. The number of benzene rings is 8. The second-order valence-electron chi connectivity index (χ2n) is 13.6. The second-order valence-corrected chi connectivity index (χ2v) is 13.6. The zero-order chi connectivity index (χ0) is 36.3. The van der Waals surface area contributed by atoms with Gasteiger partial charge in [0.15, 0.2) is 23.1 Å². The van der Waals surface area contributed by atoms with Crippen molar-refractivity contribution in [3.05, 3.63) is 182 Å². The van der Waals surface area contributed by atoms with Crippen LogP contribution in [0.3, 0.4) is 0 Å². The van der Waals surface area contributed by atoms with Crippen LogP contribution in [0.2, 0.25) is 0 Å². The second kappa shape index (κ2) is 12.5. The van der Waals surface area contributed by atoms with Crippen LogP contribution in [0.15, 0.2) is 191 Å². The smallest absolute Gasteiger partial charge is 0.164 e. The molecule has 8 aromatic carbocycles. The molecule has 3 aromatic heterocycles. The molecule has 0 aliphatic heterocycles. The number of nitrogens with zero attached hydrogens (tertiary/aromatic N) is 4. The zero-order valence-corrected chi connectivity index (χ0v) is 29.4. The molecule has 0 aliphatic carbocycles. The van der Waals surface area contributed by atoms with Crippen LogP contribution in [0, 0.1) is 0 Å². The van der Waals surface area contributed by atoms with Crippen LogP contribution in [-0.2, 0) is 0 Å². The Balaban J connectivity index is 1.21. The quantitative estimate of drug-likeness (QED) is 0.171. The molecule has 0 N–H and O–H groups in total.